The fourth-order valence-electron chi connectivity index (χ4n) is 2.69. The van der Waals surface area contributed by atoms with Crippen molar-refractivity contribution in [1.82, 2.24) is 14.8 Å². The predicted octanol–water partition coefficient (Wildman–Crippen LogP) is 1.62. The molecule has 0 aliphatic heterocycles. The van der Waals surface area contributed by atoms with Gasteiger partial charge in [-0.1, -0.05) is 12.1 Å². The van der Waals surface area contributed by atoms with Crippen LogP contribution in [0.2, 0.25) is 0 Å². The van der Waals surface area contributed by atoms with Gasteiger partial charge in [-0.3, -0.25) is 4.68 Å². The topological polar surface area (TPSA) is 81.1 Å². The number of aromatic nitrogens is 3. The second-order valence-corrected chi connectivity index (χ2v) is 5.31. The number of anilines is 1. The number of aryl methyl sites for hydroxylation is 2. The Morgan fingerprint density at radius 2 is 2.24 bits per heavy atom. The number of nitrogens with zero attached hydrogens (tertiary/aromatic N) is 4. The molecule has 0 bridgehead atoms. The van der Waals surface area contributed by atoms with E-state index in [1.54, 1.807) is 11.0 Å². The molecule has 1 aliphatic carbocycles. The number of benzene rings is 1. The monoisotopic (exact) mass is 284 g/mol. The highest BCUT2D eigenvalue weighted by Gasteiger charge is 2.13. The summed E-state index contributed by atoms with van der Waals surface area (Å²) in [5, 5.41) is 7.39. The summed E-state index contributed by atoms with van der Waals surface area (Å²) in [4.78, 5) is 8.42. The van der Waals surface area contributed by atoms with Crippen LogP contribution in [0.4, 0.5) is 5.69 Å². The summed E-state index contributed by atoms with van der Waals surface area (Å²) >= 11 is 0. The van der Waals surface area contributed by atoms with Gasteiger partial charge in [0.2, 0.25) is 0 Å². The van der Waals surface area contributed by atoms with Crippen LogP contribution in [-0.4, -0.2) is 20.7 Å². The zero-order chi connectivity index (χ0) is 14.7. The van der Waals surface area contributed by atoms with Crippen molar-refractivity contribution in [1.29, 1.82) is 0 Å². The quantitative estimate of drug-likeness (QED) is 0.663. The summed E-state index contributed by atoms with van der Waals surface area (Å²) in [6.45, 7) is 0.384. The molecule has 110 valence electrons. The molecule has 0 amide bonds. The average molecular weight is 284 g/mol. The maximum atomic E-state index is 5.97. The van der Waals surface area contributed by atoms with E-state index in [0.29, 0.717) is 18.3 Å². The van der Waals surface area contributed by atoms with Crippen LogP contribution < -0.4 is 11.1 Å². The first-order valence-electron chi connectivity index (χ1n) is 7.24. The first kappa shape index (κ1) is 13.6. The van der Waals surface area contributed by atoms with E-state index in [0.717, 1.165) is 18.5 Å². The minimum Gasteiger partial charge on any atom is -0.370 e. The number of fused-ring (bicyclic) bond motifs is 1. The third-order valence-corrected chi connectivity index (χ3v) is 3.70. The second kappa shape index (κ2) is 5.95. The van der Waals surface area contributed by atoms with Crippen LogP contribution in [0.25, 0.3) is 0 Å². The molecule has 6 nitrogen and oxygen atoms in total. The molecule has 1 aromatic carbocycles. The Kier molecular flexibility index (Phi) is 3.85. The Morgan fingerprint density at radius 3 is 3.05 bits per heavy atom. The van der Waals surface area contributed by atoms with Crippen molar-refractivity contribution < 1.29 is 0 Å². The molecular formula is C15H20N6. The largest absolute Gasteiger partial charge is 0.370 e. The van der Waals surface area contributed by atoms with Crippen LogP contribution in [0, 0.1) is 0 Å². The molecule has 1 aliphatic rings. The van der Waals surface area contributed by atoms with Gasteiger partial charge in [0.1, 0.15) is 12.9 Å². The zero-order valence-electron chi connectivity index (χ0n) is 12.2. The zero-order valence-corrected chi connectivity index (χ0v) is 12.2. The molecule has 21 heavy (non-hydrogen) atoms. The predicted molar refractivity (Wildman–Crippen MR) is 83.0 cm³/mol. The lowest BCUT2D eigenvalue weighted by Gasteiger charge is -2.19. The van der Waals surface area contributed by atoms with Gasteiger partial charge in [0, 0.05) is 12.7 Å². The van der Waals surface area contributed by atoms with Crippen LogP contribution in [0.1, 0.15) is 29.8 Å². The summed E-state index contributed by atoms with van der Waals surface area (Å²) < 4.78 is 1.65. The summed E-state index contributed by atoms with van der Waals surface area (Å²) in [5.41, 5.74) is 9.84. The van der Waals surface area contributed by atoms with Crippen molar-refractivity contribution >= 4 is 11.6 Å². The SMILES string of the molecule is Cn1cnc(CN=C(N)Nc2cccc3c2CCCC3)n1. The highest BCUT2D eigenvalue weighted by molar-refractivity contribution is 5.93. The van der Waals surface area contributed by atoms with Crippen molar-refractivity contribution in [2.75, 3.05) is 5.32 Å². The molecule has 0 fully saturated rings. The van der Waals surface area contributed by atoms with Gasteiger partial charge in [0.05, 0.1) is 0 Å². The molecule has 0 spiro atoms. The van der Waals surface area contributed by atoms with E-state index in [9.17, 15) is 0 Å². The van der Waals surface area contributed by atoms with E-state index >= 15 is 0 Å². The Bertz CT molecular complexity index is 658. The van der Waals surface area contributed by atoms with Gasteiger partial charge >= 0.3 is 0 Å². The molecule has 6 heteroatoms. The van der Waals surface area contributed by atoms with Crippen LogP contribution in [0.5, 0.6) is 0 Å². The molecule has 2 aromatic rings. The molecular weight excluding hydrogens is 264 g/mol. The smallest absolute Gasteiger partial charge is 0.193 e. The van der Waals surface area contributed by atoms with Crippen molar-refractivity contribution in [2.45, 2.75) is 32.2 Å². The maximum Gasteiger partial charge on any atom is 0.193 e. The number of hydrogen-bond acceptors (Lipinski definition) is 3. The molecule has 0 saturated carbocycles. The standard InChI is InChI=1S/C15H20N6/c1-21-10-18-14(20-21)9-17-15(16)19-13-8-4-6-11-5-2-3-7-12(11)13/h4,6,8,10H,2-3,5,7,9H2,1H3,(H3,16,17,19). The summed E-state index contributed by atoms with van der Waals surface area (Å²) in [6.07, 6.45) is 6.42. The van der Waals surface area contributed by atoms with Gasteiger partial charge in [-0.05, 0) is 42.9 Å². The van der Waals surface area contributed by atoms with Crippen molar-refractivity contribution in [3.8, 4) is 0 Å². The van der Waals surface area contributed by atoms with Crippen molar-refractivity contribution in [3.63, 3.8) is 0 Å². The molecule has 3 N–H and O–H groups in total. The third kappa shape index (κ3) is 3.21. The van der Waals surface area contributed by atoms with E-state index in [1.165, 1.54) is 24.0 Å². The summed E-state index contributed by atoms with van der Waals surface area (Å²) in [7, 11) is 1.83. The lowest BCUT2D eigenvalue weighted by Crippen LogP contribution is -2.24. The lowest BCUT2D eigenvalue weighted by atomic mass is 9.90. The summed E-state index contributed by atoms with van der Waals surface area (Å²) in [6, 6.07) is 6.33. The van der Waals surface area contributed by atoms with Crippen LogP contribution in [0.3, 0.4) is 0 Å². The number of guanidine groups is 1. The Morgan fingerprint density at radius 1 is 1.38 bits per heavy atom. The summed E-state index contributed by atoms with van der Waals surface area (Å²) in [5.74, 6) is 1.07. The fraction of sp³-hybridized carbons (Fsp3) is 0.400. The van der Waals surface area contributed by atoms with Crippen LogP contribution >= 0.6 is 0 Å². The minimum atomic E-state index is 0.384. The van der Waals surface area contributed by atoms with Gasteiger partial charge < -0.3 is 11.1 Å². The van der Waals surface area contributed by atoms with Crippen molar-refractivity contribution in [2.24, 2.45) is 17.8 Å². The van der Waals surface area contributed by atoms with Crippen LogP contribution in [-0.2, 0) is 26.4 Å². The van der Waals surface area contributed by atoms with Gasteiger partial charge in [0.15, 0.2) is 11.8 Å². The fourth-order valence-corrected chi connectivity index (χ4v) is 2.69. The van der Waals surface area contributed by atoms with E-state index < -0.39 is 0 Å². The molecule has 0 radical (unpaired) electrons. The Balaban J connectivity index is 1.71. The molecule has 3 rings (SSSR count). The average Bonchev–Trinajstić information content (AvgIpc) is 2.91. The van der Waals surface area contributed by atoms with Gasteiger partial charge in [0.25, 0.3) is 0 Å². The van der Waals surface area contributed by atoms with Gasteiger partial charge in [-0.15, -0.1) is 0 Å². The van der Waals surface area contributed by atoms with E-state index in [1.807, 2.05) is 7.05 Å². The minimum absolute atomic E-state index is 0.384. The van der Waals surface area contributed by atoms with E-state index in [4.69, 9.17) is 5.73 Å². The first-order chi connectivity index (χ1) is 10.2. The van der Waals surface area contributed by atoms with Crippen molar-refractivity contribution in [3.05, 3.63) is 41.5 Å². The molecule has 0 unspecified atom stereocenters. The number of aliphatic imine (C=N–C) groups is 1. The number of nitrogens with two attached hydrogens (primary N) is 1. The first-order valence-corrected chi connectivity index (χ1v) is 7.24. The Hall–Kier alpha value is -2.37. The lowest BCUT2D eigenvalue weighted by molar-refractivity contribution is 0.687. The number of rotatable bonds is 3. The molecule has 1 aromatic heterocycles. The van der Waals surface area contributed by atoms with Gasteiger partial charge in [-0.25, -0.2) is 9.98 Å². The molecule has 0 atom stereocenters. The van der Waals surface area contributed by atoms with E-state index in [-0.39, 0.29) is 0 Å². The Labute approximate surface area is 124 Å². The second-order valence-electron chi connectivity index (χ2n) is 5.31. The molecule has 0 saturated heterocycles. The van der Waals surface area contributed by atoms with Crippen LogP contribution in [0.15, 0.2) is 29.5 Å². The number of nitrogens with one attached hydrogen (secondary N) is 1. The van der Waals surface area contributed by atoms with E-state index in [2.05, 4.69) is 38.6 Å². The normalized spacial score (nSPS) is 14.8. The van der Waals surface area contributed by atoms with Gasteiger partial charge in [-0.2, -0.15) is 5.10 Å². The highest BCUT2D eigenvalue weighted by Crippen LogP contribution is 2.27. The number of hydrogen-bond donors (Lipinski definition) is 2. The molecule has 1 heterocycles. The maximum absolute atomic E-state index is 5.97. The highest BCUT2D eigenvalue weighted by atomic mass is 15.3. The third-order valence-electron chi connectivity index (χ3n) is 3.70.